The fourth-order valence-corrected chi connectivity index (χ4v) is 2.80. The van der Waals surface area contributed by atoms with Gasteiger partial charge in [-0.1, -0.05) is 106 Å². The van der Waals surface area contributed by atoms with Crippen molar-refractivity contribution in [1.82, 2.24) is 0 Å². The number of rotatable bonds is 9. The van der Waals surface area contributed by atoms with E-state index in [9.17, 15) is 0 Å². The number of hydrogen-bond donors (Lipinski definition) is 0. The van der Waals surface area contributed by atoms with Gasteiger partial charge >= 0.3 is 0 Å². The zero-order chi connectivity index (χ0) is 15.5. The molecule has 0 atom stereocenters. The largest absolute Gasteiger partial charge is 0.0654 e. The van der Waals surface area contributed by atoms with Crippen LogP contribution in [0.1, 0.15) is 63.0 Å². The molecule has 0 radical (unpaired) electrons. The molecule has 0 aromatic heterocycles. The first-order valence-electron chi connectivity index (χ1n) is 8.71. The van der Waals surface area contributed by atoms with Crippen LogP contribution >= 0.6 is 0 Å². The Hall–Kier alpha value is -1.82. The van der Waals surface area contributed by atoms with Crippen LogP contribution < -0.4 is 0 Å². The first-order valence-corrected chi connectivity index (χ1v) is 8.71. The highest BCUT2D eigenvalue weighted by Crippen LogP contribution is 2.24. The summed E-state index contributed by atoms with van der Waals surface area (Å²) in [5.74, 6) is 0. The number of hydrogen-bond acceptors (Lipinski definition) is 0. The van der Waals surface area contributed by atoms with Crippen LogP contribution in [0.2, 0.25) is 0 Å². The molecular weight excluding hydrogens is 264 g/mol. The van der Waals surface area contributed by atoms with Gasteiger partial charge in [-0.05, 0) is 29.5 Å². The van der Waals surface area contributed by atoms with E-state index in [-0.39, 0.29) is 0 Å². The van der Waals surface area contributed by atoms with Crippen molar-refractivity contribution in [2.75, 3.05) is 0 Å². The van der Waals surface area contributed by atoms with Crippen LogP contribution in [0, 0.1) is 0 Å². The van der Waals surface area contributed by atoms with Gasteiger partial charge in [0.1, 0.15) is 0 Å². The Kier molecular flexibility index (Phi) is 7.52. The molecule has 2 aromatic carbocycles. The molecule has 0 saturated heterocycles. The van der Waals surface area contributed by atoms with E-state index >= 15 is 0 Å². The second-order valence-electron chi connectivity index (χ2n) is 5.96. The molecule has 0 aliphatic rings. The van der Waals surface area contributed by atoms with Crippen LogP contribution in [0.3, 0.4) is 0 Å². The highest BCUT2D eigenvalue weighted by Gasteiger charge is 2.02. The molecule has 2 rings (SSSR count). The maximum Gasteiger partial charge on any atom is -0.0224 e. The van der Waals surface area contributed by atoms with Gasteiger partial charge in [0.2, 0.25) is 0 Å². The van der Waals surface area contributed by atoms with E-state index in [1.54, 1.807) is 0 Å². The molecule has 0 amide bonds. The van der Waals surface area contributed by atoms with Crippen molar-refractivity contribution in [2.24, 2.45) is 0 Å². The molecule has 0 aliphatic heterocycles. The van der Waals surface area contributed by atoms with Gasteiger partial charge in [-0.25, -0.2) is 0 Å². The van der Waals surface area contributed by atoms with Gasteiger partial charge in [-0.15, -0.1) is 0 Å². The monoisotopic (exact) mass is 292 g/mol. The van der Waals surface area contributed by atoms with Crippen LogP contribution in [0.4, 0.5) is 0 Å². The summed E-state index contributed by atoms with van der Waals surface area (Å²) in [6.07, 6.45) is 11.6. The Bertz CT molecular complexity index is 537. The lowest BCUT2D eigenvalue weighted by molar-refractivity contribution is 0.613. The van der Waals surface area contributed by atoms with Crippen molar-refractivity contribution >= 4 is 11.6 Å². The van der Waals surface area contributed by atoms with Crippen molar-refractivity contribution < 1.29 is 0 Å². The summed E-state index contributed by atoms with van der Waals surface area (Å²) >= 11 is 0. The third-order valence-electron chi connectivity index (χ3n) is 4.08. The molecule has 22 heavy (non-hydrogen) atoms. The van der Waals surface area contributed by atoms with E-state index in [2.05, 4.69) is 73.7 Å². The lowest BCUT2D eigenvalue weighted by atomic mass is 9.97. The standard InChI is InChI=1S/C22H28/c1-2-3-4-5-6-11-18-22(21-16-12-8-13-17-21)19-20-14-9-7-10-15-20/h7-10,12-17,19H,2-6,11,18H2,1H3/b22-19+. The topological polar surface area (TPSA) is 0 Å². The van der Waals surface area contributed by atoms with E-state index in [0.29, 0.717) is 0 Å². The maximum atomic E-state index is 2.35. The van der Waals surface area contributed by atoms with E-state index in [1.165, 1.54) is 61.6 Å². The Morgan fingerprint density at radius 2 is 1.32 bits per heavy atom. The average molecular weight is 292 g/mol. The molecule has 116 valence electrons. The van der Waals surface area contributed by atoms with Crippen LogP contribution in [0.5, 0.6) is 0 Å². The minimum atomic E-state index is 1.17. The summed E-state index contributed by atoms with van der Waals surface area (Å²) < 4.78 is 0. The predicted octanol–water partition coefficient (Wildman–Crippen LogP) is 6.98. The van der Waals surface area contributed by atoms with Crippen molar-refractivity contribution in [3.8, 4) is 0 Å². The average Bonchev–Trinajstić information content (AvgIpc) is 2.58. The van der Waals surface area contributed by atoms with Crippen LogP contribution in [0.15, 0.2) is 60.7 Å². The Morgan fingerprint density at radius 3 is 2.00 bits per heavy atom. The SMILES string of the molecule is CCCCCCCC/C(=C\c1ccccc1)c1ccccc1. The van der Waals surface area contributed by atoms with Gasteiger partial charge in [-0.3, -0.25) is 0 Å². The first kappa shape index (κ1) is 16.5. The number of allylic oxidation sites excluding steroid dienone is 1. The number of benzene rings is 2. The van der Waals surface area contributed by atoms with Crippen molar-refractivity contribution in [2.45, 2.75) is 51.9 Å². The fraction of sp³-hybridized carbons (Fsp3) is 0.364. The molecule has 0 spiro atoms. The lowest BCUT2D eigenvalue weighted by Gasteiger charge is -2.09. The van der Waals surface area contributed by atoms with Gasteiger partial charge in [-0.2, -0.15) is 0 Å². The van der Waals surface area contributed by atoms with Crippen LogP contribution in [-0.2, 0) is 0 Å². The molecule has 0 bridgehead atoms. The van der Waals surface area contributed by atoms with Gasteiger partial charge in [0.25, 0.3) is 0 Å². The van der Waals surface area contributed by atoms with Gasteiger partial charge < -0.3 is 0 Å². The maximum absolute atomic E-state index is 2.35. The zero-order valence-corrected chi connectivity index (χ0v) is 13.8. The normalized spacial score (nSPS) is 11.6. The molecule has 0 fully saturated rings. The molecular formula is C22H28. The van der Waals surface area contributed by atoms with E-state index in [1.807, 2.05) is 0 Å². The van der Waals surface area contributed by atoms with Crippen molar-refractivity contribution in [3.63, 3.8) is 0 Å². The quantitative estimate of drug-likeness (QED) is 0.345. The Morgan fingerprint density at radius 1 is 0.727 bits per heavy atom. The third kappa shape index (κ3) is 5.89. The lowest BCUT2D eigenvalue weighted by Crippen LogP contribution is -1.87. The van der Waals surface area contributed by atoms with E-state index in [4.69, 9.17) is 0 Å². The second kappa shape index (κ2) is 10.00. The molecule has 0 nitrogen and oxygen atoms in total. The van der Waals surface area contributed by atoms with Crippen LogP contribution in [0.25, 0.3) is 11.6 Å². The molecule has 0 heterocycles. The molecule has 0 N–H and O–H groups in total. The molecule has 0 saturated carbocycles. The van der Waals surface area contributed by atoms with Gasteiger partial charge in [0.05, 0.1) is 0 Å². The molecule has 0 heteroatoms. The number of unbranched alkanes of at least 4 members (excludes halogenated alkanes) is 5. The van der Waals surface area contributed by atoms with Gasteiger partial charge in [0, 0.05) is 0 Å². The minimum absolute atomic E-state index is 1.17. The van der Waals surface area contributed by atoms with Crippen molar-refractivity contribution in [3.05, 3.63) is 71.8 Å². The minimum Gasteiger partial charge on any atom is -0.0654 e. The molecule has 2 aromatic rings. The highest BCUT2D eigenvalue weighted by molar-refractivity contribution is 5.81. The summed E-state index contributed by atoms with van der Waals surface area (Å²) in [6, 6.07) is 21.5. The third-order valence-corrected chi connectivity index (χ3v) is 4.08. The first-order chi connectivity index (χ1) is 10.9. The van der Waals surface area contributed by atoms with Crippen molar-refractivity contribution in [1.29, 1.82) is 0 Å². The molecule has 0 aliphatic carbocycles. The zero-order valence-electron chi connectivity index (χ0n) is 13.8. The smallest absolute Gasteiger partial charge is 0.0224 e. The summed E-state index contributed by atoms with van der Waals surface area (Å²) in [5, 5.41) is 0. The van der Waals surface area contributed by atoms with Gasteiger partial charge in [0.15, 0.2) is 0 Å². The molecule has 0 unspecified atom stereocenters. The predicted molar refractivity (Wildman–Crippen MR) is 98.7 cm³/mol. The second-order valence-corrected chi connectivity index (χ2v) is 5.96. The summed E-state index contributed by atoms with van der Waals surface area (Å²) in [4.78, 5) is 0. The fourth-order valence-electron chi connectivity index (χ4n) is 2.80. The summed E-state index contributed by atoms with van der Waals surface area (Å²) in [5.41, 5.74) is 4.12. The van der Waals surface area contributed by atoms with E-state index < -0.39 is 0 Å². The van der Waals surface area contributed by atoms with E-state index in [0.717, 1.165) is 0 Å². The summed E-state index contributed by atoms with van der Waals surface area (Å²) in [7, 11) is 0. The Labute approximate surface area is 135 Å². The highest BCUT2D eigenvalue weighted by atomic mass is 14.1. The summed E-state index contributed by atoms with van der Waals surface area (Å²) in [6.45, 7) is 2.27. The Balaban J connectivity index is 1.99. The van der Waals surface area contributed by atoms with Crippen LogP contribution in [-0.4, -0.2) is 0 Å².